The number of nitrogens with zero attached hydrogens (tertiary/aromatic N) is 4. The summed E-state index contributed by atoms with van der Waals surface area (Å²) in [6.07, 6.45) is 3.17. The second-order valence-electron chi connectivity index (χ2n) is 5.54. The molecule has 1 aliphatic rings. The Balaban J connectivity index is 1.82. The third-order valence-electron chi connectivity index (χ3n) is 3.81. The topological polar surface area (TPSA) is 55.0 Å². The Labute approximate surface area is 162 Å². The lowest BCUT2D eigenvalue weighted by molar-refractivity contribution is -0.617. The minimum Gasteiger partial charge on any atom is -0.618 e. The molecule has 0 N–H and O–H groups in total. The van der Waals surface area contributed by atoms with E-state index >= 15 is 0 Å². The highest BCUT2D eigenvalue weighted by Crippen LogP contribution is 2.34. The number of hydrogen-bond acceptors (Lipinski definition) is 5. The zero-order valence-electron chi connectivity index (χ0n) is 14.0. The van der Waals surface area contributed by atoms with E-state index in [2.05, 4.69) is 11.6 Å². The van der Waals surface area contributed by atoms with Gasteiger partial charge in [-0.25, -0.2) is 10.1 Å². The number of hydroxylamine groups is 2. The van der Waals surface area contributed by atoms with Crippen LogP contribution in [0.1, 0.15) is 5.69 Å². The molecule has 0 saturated heterocycles. The smallest absolute Gasteiger partial charge is 0.226 e. The van der Waals surface area contributed by atoms with Crippen molar-refractivity contribution < 1.29 is 9.57 Å². The zero-order chi connectivity index (χ0) is 18.5. The van der Waals surface area contributed by atoms with Crippen molar-refractivity contribution in [1.82, 2.24) is 5.06 Å². The summed E-state index contributed by atoms with van der Waals surface area (Å²) in [5, 5.41) is 14.4. The van der Waals surface area contributed by atoms with E-state index < -0.39 is 0 Å². The number of halogens is 2. The Kier molecular flexibility index (Phi) is 5.98. The summed E-state index contributed by atoms with van der Waals surface area (Å²) < 4.78 is 0.777. The van der Waals surface area contributed by atoms with Crippen LogP contribution in [0.5, 0.6) is 0 Å². The molecule has 1 aromatic heterocycles. The first-order valence-corrected chi connectivity index (χ1v) is 8.82. The van der Waals surface area contributed by atoms with Crippen LogP contribution in [0.15, 0.2) is 60.2 Å². The van der Waals surface area contributed by atoms with Gasteiger partial charge in [-0.05, 0) is 18.2 Å². The van der Waals surface area contributed by atoms with Crippen LogP contribution in [0.4, 0.5) is 5.69 Å². The predicted octanol–water partition coefficient (Wildman–Crippen LogP) is 3.42. The minimum absolute atomic E-state index is 0.127. The van der Waals surface area contributed by atoms with Crippen LogP contribution in [-0.2, 0) is 11.4 Å². The van der Waals surface area contributed by atoms with Gasteiger partial charge in [0.15, 0.2) is 12.8 Å². The number of anilines is 1. The normalized spacial score (nSPS) is 13.6. The van der Waals surface area contributed by atoms with E-state index in [1.807, 2.05) is 4.90 Å². The maximum Gasteiger partial charge on any atom is 0.226 e. The molecule has 0 saturated carbocycles. The second-order valence-corrected chi connectivity index (χ2v) is 6.36. The van der Waals surface area contributed by atoms with Gasteiger partial charge in [0.2, 0.25) is 11.7 Å². The largest absolute Gasteiger partial charge is 0.618 e. The van der Waals surface area contributed by atoms with E-state index in [4.69, 9.17) is 28.0 Å². The number of benzene rings is 1. The lowest BCUT2D eigenvalue weighted by Crippen LogP contribution is -2.43. The maximum absolute atomic E-state index is 11.8. The molecule has 1 aliphatic heterocycles. The zero-order valence-corrected chi connectivity index (χ0v) is 15.5. The summed E-state index contributed by atoms with van der Waals surface area (Å²) in [5.41, 5.74) is 1.15. The van der Waals surface area contributed by atoms with E-state index in [9.17, 15) is 5.21 Å². The number of hydrogen-bond donors (Lipinski definition) is 0. The summed E-state index contributed by atoms with van der Waals surface area (Å²) in [7, 11) is 0. The van der Waals surface area contributed by atoms with Crippen molar-refractivity contribution in [2.45, 2.75) is 6.61 Å². The molecule has 1 aromatic carbocycles. The van der Waals surface area contributed by atoms with E-state index in [0.29, 0.717) is 47.0 Å². The number of para-hydroxylation sites is 1. The monoisotopic (exact) mass is 392 g/mol. The molecular formula is C18H18Cl2N4O2. The molecule has 8 heteroatoms. The van der Waals surface area contributed by atoms with Crippen LogP contribution >= 0.6 is 23.2 Å². The fourth-order valence-corrected chi connectivity index (χ4v) is 3.23. The number of pyridine rings is 1. The van der Waals surface area contributed by atoms with Gasteiger partial charge in [-0.2, -0.15) is 4.73 Å². The summed E-state index contributed by atoms with van der Waals surface area (Å²) in [5.74, 6) is 0.577. The first-order valence-electron chi connectivity index (χ1n) is 8.06. The van der Waals surface area contributed by atoms with E-state index in [1.54, 1.807) is 47.5 Å². The molecule has 0 radical (unpaired) electrons. The number of rotatable bonds is 6. The van der Waals surface area contributed by atoms with Gasteiger partial charge in [0, 0.05) is 18.7 Å². The Morgan fingerprint density at radius 2 is 2.04 bits per heavy atom. The summed E-state index contributed by atoms with van der Waals surface area (Å²) in [6, 6.07) is 10.5. The quantitative estimate of drug-likeness (QED) is 0.429. The molecule has 0 unspecified atom stereocenters. The molecule has 0 amide bonds. The molecule has 0 aliphatic carbocycles. The van der Waals surface area contributed by atoms with Gasteiger partial charge < -0.3 is 10.1 Å². The Morgan fingerprint density at radius 3 is 2.73 bits per heavy atom. The first-order chi connectivity index (χ1) is 12.6. The summed E-state index contributed by atoms with van der Waals surface area (Å²) in [6.45, 7) is 5.51. The SMILES string of the molecule is C=CCN(C1=NCCN1OCc1cccc[n+]1[O-])c1c(Cl)cccc1Cl. The minimum atomic E-state index is 0.127. The molecule has 0 atom stereocenters. The average Bonchev–Trinajstić information content (AvgIpc) is 3.08. The standard InChI is InChI=1S/C18H18Cl2N4O2/c1-2-10-22(17-15(19)7-5-8-16(17)20)18-21-9-12-24(18)26-13-14-6-3-4-11-23(14)25/h2-8,11H,1,9-10,12-13H2. The van der Waals surface area contributed by atoms with Crippen molar-refractivity contribution in [3.63, 3.8) is 0 Å². The Bertz CT molecular complexity index is 808. The lowest BCUT2D eigenvalue weighted by Gasteiger charge is -2.30. The Hall–Kier alpha value is -2.28. The van der Waals surface area contributed by atoms with E-state index in [0.717, 1.165) is 4.73 Å². The fourth-order valence-electron chi connectivity index (χ4n) is 2.63. The molecule has 136 valence electrons. The van der Waals surface area contributed by atoms with Crippen molar-refractivity contribution >= 4 is 34.8 Å². The highest BCUT2D eigenvalue weighted by Gasteiger charge is 2.27. The molecule has 6 nitrogen and oxygen atoms in total. The van der Waals surface area contributed by atoms with E-state index in [-0.39, 0.29) is 6.61 Å². The molecule has 0 fully saturated rings. The molecule has 2 aromatic rings. The van der Waals surface area contributed by atoms with Crippen LogP contribution in [0.2, 0.25) is 10.0 Å². The molecule has 2 heterocycles. The van der Waals surface area contributed by atoms with Crippen LogP contribution in [0.25, 0.3) is 0 Å². The molecule has 0 bridgehead atoms. The van der Waals surface area contributed by atoms with Crippen molar-refractivity contribution in [1.29, 1.82) is 0 Å². The van der Waals surface area contributed by atoms with Gasteiger partial charge in [0.05, 0.1) is 28.8 Å². The van der Waals surface area contributed by atoms with E-state index in [1.165, 1.54) is 6.20 Å². The highest BCUT2D eigenvalue weighted by molar-refractivity contribution is 6.40. The number of aromatic nitrogens is 1. The summed E-state index contributed by atoms with van der Waals surface area (Å²) in [4.78, 5) is 12.2. The number of guanidine groups is 1. The van der Waals surface area contributed by atoms with Gasteiger partial charge in [-0.3, -0.25) is 4.84 Å². The lowest BCUT2D eigenvalue weighted by atomic mass is 10.3. The van der Waals surface area contributed by atoms with Gasteiger partial charge in [0.1, 0.15) is 0 Å². The second kappa shape index (κ2) is 8.40. The van der Waals surface area contributed by atoms with Crippen molar-refractivity contribution in [3.8, 4) is 0 Å². The molecule has 3 rings (SSSR count). The average molecular weight is 393 g/mol. The maximum atomic E-state index is 11.8. The molecular weight excluding hydrogens is 375 g/mol. The van der Waals surface area contributed by atoms with Crippen LogP contribution < -0.4 is 9.63 Å². The third-order valence-corrected chi connectivity index (χ3v) is 4.42. The predicted molar refractivity (Wildman–Crippen MR) is 103 cm³/mol. The van der Waals surface area contributed by atoms with Gasteiger partial charge in [-0.15, -0.1) is 6.58 Å². The fraction of sp³-hybridized carbons (Fsp3) is 0.222. The summed E-state index contributed by atoms with van der Waals surface area (Å²) >= 11 is 12.7. The van der Waals surface area contributed by atoms with Gasteiger partial charge in [0.25, 0.3) is 0 Å². The van der Waals surface area contributed by atoms with Crippen LogP contribution in [0, 0.1) is 5.21 Å². The first kappa shape index (κ1) is 18.5. The van der Waals surface area contributed by atoms with Crippen molar-refractivity contribution in [2.24, 2.45) is 4.99 Å². The van der Waals surface area contributed by atoms with Crippen molar-refractivity contribution in [2.75, 3.05) is 24.5 Å². The molecule has 0 spiro atoms. The molecule has 26 heavy (non-hydrogen) atoms. The number of aliphatic imine (C=N–C) groups is 1. The highest BCUT2D eigenvalue weighted by atomic mass is 35.5. The van der Waals surface area contributed by atoms with Gasteiger partial charge >= 0.3 is 0 Å². The van der Waals surface area contributed by atoms with Crippen LogP contribution in [0.3, 0.4) is 0 Å². The third kappa shape index (κ3) is 3.93. The van der Waals surface area contributed by atoms with Crippen molar-refractivity contribution in [3.05, 3.63) is 76.2 Å². The Morgan fingerprint density at radius 1 is 1.27 bits per heavy atom. The van der Waals surface area contributed by atoms with Crippen LogP contribution in [-0.4, -0.2) is 30.7 Å². The van der Waals surface area contributed by atoms with Gasteiger partial charge in [-0.1, -0.05) is 35.3 Å².